The van der Waals surface area contributed by atoms with Gasteiger partial charge in [-0.25, -0.2) is 9.78 Å². The van der Waals surface area contributed by atoms with Crippen LogP contribution in [-0.2, 0) is 20.1 Å². The number of aromatic nitrogens is 5. The lowest BCUT2D eigenvalue weighted by Gasteiger charge is -2.14. The molecule has 33 heavy (non-hydrogen) atoms. The first-order chi connectivity index (χ1) is 15.8. The van der Waals surface area contributed by atoms with Gasteiger partial charge >= 0.3 is 5.69 Å². The fourth-order valence-electron chi connectivity index (χ4n) is 4.02. The Labute approximate surface area is 195 Å². The molecule has 0 aliphatic heterocycles. The third-order valence-corrected chi connectivity index (χ3v) is 5.93. The lowest BCUT2D eigenvalue weighted by molar-refractivity contribution is 0.277. The first-order valence-electron chi connectivity index (χ1n) is 10.8. The van der Waals surface area contributed by atoms with Crippen LogP contribution in [0.5, 0.6) is 0 Å². The molecule has 0 saturated carbocycles. The van der Waals surface area contributed by atoms with Gasteiger partial charge in [-0.1, -0.05) is 49.7 Å². The maximum absolute atomic E-state index is 13.5. The van der Waals surface area contributed by atoms with Crippen LogP contribution >= 0.6 is 11.6 Å². The number of imidazole rings is 1. The van der Waals surface area contributed by atoms with Crippen molar-refractivity contribution < 1.29 is 5.11 Å². The number of aliphatic hydroxyl groups excluding tert-OH is 1. The fourth-order valence-corrected chi connectivity index (χ4v) is 4.13. The molecule has 0 aliphatic rings. The minimum Gasteiger partial charge on any atom is -0.396 e. The van der Waals surface area contributed by atoms with E-state index in [0.717, 1.165) is 15.7 Å². The number of pyridine rings is 1. The molecule has 1 aromatic carbocycles. The van der Waals surface area contributed by atoms with E-state index < -0.39 is 11.2 Å². The van der Waals surface area contributed by atoms with Crippen LogP contribution in [0.25, 0.3) is 22.6 Å². The Morgan fingerprint density at radius 2 is 1.85 bits per heavy atom. The molecule has 1 N–H and O–H groups in total. The van der Waals surface area contributed by atoms with Crippen LogP contribution in [0.3, 0.4) is 0 Å². The number of nitrogens with zero attached hydrogens (tertiary/aromatic N) is 5. The number of rotatable bonds is 7. The van der Waals surface area contributed by atoms with Crippen molar-refractivity contribution >= 4 is 22.8 Å². The van der Waals surface area contributed by atoms with Crippen LogP contribution in [-0.4, -0.2) is 35.4 Å². The zero-order chi connectivity index (χ0) is 23.7. The Morgan fingerprint density at radius 3 is 2.52 bits per heavy atom. The number of halogens is 1. The second-order valence-corrected chi connectivity index (χ2v) is 8.72. The van der Waals surface area contributed by atoms with Gasteiger partial charge in [0.2, 0.25) is 0 Å². The first kappa shape index (κ1) is 22.9. The molecule has 4 aromatic rings. The molecule has 8 nitrogen and oxygen atoms in total. The minimum atomic E-state index is -0.459. The van der Waals surface area contributed by atoms with E-state index >= 15 is 0 Å². The van der Waals surface area contributed by atoms with Crippen molar-refractivity contribution in [1.29, 1.82) is 0 Å². The van der Waals surface area contributed by atoms with E-state index in [1.807, 2.05) is 28.8 Å². The zero-order valence-electron chi connectivity index (χ0n) is 18.8. The monoisotopic (exact) mass is 467 g/mol. The number of benzene rings is 1. The van der Waals surface area contributed by atoms with Crippen LogP contribution in [0.4, 0.5) is 0 Å². The van der Waals surface area contributed by atoms with Gasteiger partial charge < -0.3 is 9.67 Å². The number of fused-ring (bicyclic) bond motifs is 1. The van der Waals surface area contributed by atoms with Gasteiger partial charge in [0.1, 0.15) is 5.82 Å². The van der Waals surface area contributed by atoms with Gasteiger partial charge in [-0.15, -0.1) is 0 Å². The van der Waals surface area contributed by atoms with Crippen LogP contribution in [0.15, 0.2) is 52.2 Å². The van der Waals surface area contributed by atoms with E-state index in [-0.39, 0.29) is 25.6 Å². The molecule has 172 valence electrons. The SMILES string of the molecule is CC(C)c1ccccc1-c1nc2c(c(=O)n(CCCO)c(=O)n2C)n1Cc1ccc(Cl)cn1. The van der Waals surface area contributed by atoms with Gasteiger partial charge in [-0.05, 0) is 30.0 Å². The van der Waals surface area contributed by atoms with Gasteiger partial charge in [-0.3, -0.25) is 18.9 Å². The molecule has 0 fully saturated rings. The topological polar surface area (TPSA) is 94.9 Å². The van der Waals surface area contributed by atoms with Crippen LogP contribution in [0.2, 0.25) is 5.02 Å². The van der Waals surface area contributed by atoms with Crippen molar-refractivity contribution in [2.75, 3.05) is 6.61 Å². The van der Waals surface area contributed by atoms with Crippen molar-refractivity contribution in [3.63, 3.8) is 0 Å². The quantitative estimate of drug-likeness (QED) is 0.450. The summed E-state index contributed by atoms with van der Waals surface area (Å²) in [6.07, 6.45) is 1.86. The Morgan fingerprint density at radius 1 is 1.09 bits per heavy atom. The second-order valence-electron chi connectivity index (χ2n) is 8.28. The number of aliphatic hydroxyl groups is 1. The molecule has 0 bridgehead atoms. The highest BCUT2D eigenvalue weighted by Crippen LogP contribution is 2.30. The number of hydrogen-bond acceptors (Lipinski definition) is 5. The van der Waals surface area contributed by atoms with Gasteiger partial charge in [0, 0.05) is 32.0 Å². The zero-order valence-corrected chi connectivity index (χ0v) is 19.6. The molecule has 0 spiro atoms. The molecule has 0 aliphatic carbocycles. The summed E-state index contributed by atoms with van der Waals surface area (Å²) >= 11 is 6.01. The van der Waals surface area contributed by atoms with Crippen molar-refractivity contribution in [3.05, 3.63) is 79.7 Å². The Kier molecular flexibility index (Phi) is 6.49. The Hall–Kier alpha value is -3.23. The lowest BCUT2D eigenvalue weighted by Crippen LogP contribution is -2.40. The third-order valence-electron chi connectivity index (χ3n) is 5.70. The maximum atomic E-state index is 13.5. The van der Waals surface area contributed by atoms with Gasteiger partial charge in [0.25, 0.3) is 5.56 Å². The molecular weight excluding hydrogens is 442 g/mol. The molecule has 3 heterocycles. The van der Waals surface area contributed by atoms with E-state index in [1.165, 1.54) is 4.57 Å². The summed E-state index contributed by atoms with van der Waals surface area (Å²) in [6, 6.07) is 11.5. The van der Waals surface area contributed by atoms with Crippen LogP contribution in [0.1, 0.15) is 37.4 Å². The van der Waals surface area contributed by atoms with E-state index in [4.69, 9.17) is 16.6 Å². The molecule has 0 radical (unpaired) electrons. The Bertz CT molecular complexity index is 1420. The van der Waals surface area contributed by atoms with E-state index in [9.17, 15) is 14.7 Å². The van der Waals surface area contributed by atoms with Crippen molar-refractivity contribution in [1.82, 2.24) is 23.7 Å². The number of hydrogen-bond donors (Lipinski definition) is 1. The highest BCUT2D eigenvalue weighted by Gasteiger charge is 2.23. The maximum Gasteiger partial charge on any atom is 0.332 e. The van der Waals surface area contributed by atoms with Crippen molar-refractivity contribution in [3.8, 4) is 11.4 Å². The largest absolute Gasteiger partial charge is 0.396 e. The predicted molar refractivity (Wildman–Crippen MR) is 129 cm³/mol. The Balaban J connectivity index is 2.06. The minimum absolute atomic E-state index is 0.116. The fraction of sp³-hybridized carbons (Fsp3) is 0.333. The van der Waals surface area contributed by atoms with E-state index in [1.54, 1.807) is 25.4 Å². The van der Waals surface area contributed by atoms with E-state index in [2.05, 4.69) is 18.8 Å². The van der Waals surface area contributed by atoms with Crippen LogP contribution in [0, 0.1) is 0 Å². The molecule has 0 saturated heterocycles. The highest BCUT2D eigenvalue weighted by atomic mass is 35.5. The summed E-state index contributed by atoms with van der Waals surface area (Å²) < 4.78 is 4.37. The third kappa shape index (κ3) is 4.24. The summed E-state index contributed by atoms with van der Waals surface area (Å²) in [5.74, 6) is 0.825. The lowest BCUT2D eigenvalue weighted by atomic mass is 9.97. The number of aryl methyl sites for hydroxylation is 1. The summed E-state index contributed by atoms with van der Waals surface area (Å²) in [5, 5.41) is 9.76. The molecule has 0 unspecified atom stereocenters. The summed E-state index contributed by atoms with van der Waals surface area (Å²) in [5.41, 5.74) is 2.43. The summed E-state index contributed by atoms with van der Waals surface area (Å²) in [7, 11) is 1.61. The second kappa shape index (κ2) is 9.33. The average molecular weight is 468 g/mol. The molecule has 9 heteroatoms. The molecule has 3 aromatic heterocycles. The normalized spacial score (nSPS) is 11.6. The van der Waals surface area contributed by atoms with Gasteiger partial charge in [0.05, 0.1) is 17.3 Å². The van der Waals surface area contributed by atoms with Gasteiger partial charge in [-0.2, -0.15) is 0 Å². The molecular formula is C24H26ClN5O3. The average Bonchev–Trinajstić information content (AvgIpc) is 3.18. The first-order valence-corrected chi connectivity index (χ1v) is 11.2. The predicted octanol–water partition coefficient (Wildman–Crippen LogP) is 3.17. The van der Waals surface area contributed by atoms with Crippen LogP contribution < -0.4 is 11.2 Å². The molecule has 0 amide bonds. The molecule has 4 rings (SSSR count). The van der Waals surface area contributed by atoms with E-state index in [0.29, 0.717) is 34.1 Å². The summed E-state index contributed by atoms with van der Waals surface area (Å²) in [4.78, 5) is 35.6. The van der Waals surface area contributed by atoms with Crippen molar-refractivity contribution in [2.45, 2.75) is 39.3 Å². The highest BCUT2D eigenvalue weighted by molar-refractivity contribution is 6.30. The molecule has 0 atom stereocenters. The van der Waals surface area contributed by atoms with Crippen molar-refractivity contribution in [2.24, 2.45) is 7.05 Å². The standard InChI is InChI=1S/C24H26ClN5O3/c1-15(2)18-7-4-5-8-19(18)21-27-22-20(30(21)14-17-10-9-16(25)13-26-17)23(32)29(11-6-12-31)24(33)28(22)3/h4-5,7-10,13,15,31H,6,11-12,14H2,1-3H3. The van der Waals surface area contributed by atoms with Gasteiger partial charge in [0.15, 0.2) is 11.2 Å². The smallest absolute Gasteiger partial charge is 0.332 e. The summed E-state index contributed by atoms with van der Waals surface area (Å²) in [6.45, 7) is 4.49.